The summed E-state index contributed by atoms with van der Waals surface area (Å²) >= 11 is 0. The molecule has 0 amide bonds. The van der Waals surface area contributed by atoms with Gasteiger partial charge in [0.1, 0.15) is 29.8 Å². The molecule has 0 aromatic carbocycles. The number of nitrogens with two attached hydrogens (primary N) is 4. The highest BCUT2D eigenvalue weighted by atomic mass is 16.7. The van der Waals surface area contributed by atoms with Crippen LogP contribution < -0.4 is 28.3 Å². The molecule has 0 bridgehead atoms. The van der Waals surface area contributed by atoms with Crippen LogP contribution in [0.25, 0.3) is 0 Å². The first-order chi connectivity index (χ1) is 16.9. The van der Waals surface area contributed by atoms with Gasteiger partial charge >= 0.3 is 0 Å². The van der Waals surface area contributed by atoms with E-state index in [0.29, 0.717) is 0 Å². The van der Waals surface area contributed by atoms with Crippen molar-refractivity contribution < 1.29 is 50.0 Å². The highest BCUT2D eigenvalue weighted by Crippen LogP contribution is 2.24. The van der Waals surface area contributed by atoms with Gasteiger partial charge in [0, 0.05) is 31.6 Å². The lowest BCUT2D eigenvalue weighted by Crippen LogP contribution is -2.62. The van der Waals surface area contributed by atoms with Gasteiger partial charge in [-0.3, -0.25) is 0 Å². The Hall–Kier alpha value is -1.60. The number of aliphatic hydroxyl groups is 7. The molecule has 15 nitrogen and oxygen atoms in total. The largest absolute Gasteiger partial charge is 0.510 e. The summed E-state index contributed by atoms with van der Waals surface area (Å²) < 4.78 is 16.0. The molecule has 15 heteroatoms. The van der Waals surface area contributed by atoms with E-state index in [4.69, 9.17) is 37.1 Å². The molecule has 1 heterocycles. The van der Waals surface area contributed by atoms with Crippen molar-refractivity contribution >= 4 is 0 Å². The minimum Gasteiger partial charge on any atom is -0.510 e. The molecule has 1 aliphatic carbocycles. The van der Waals surface area contributed by atoms with E-state index in [-0.39, 0.29) is 42.8 Å². The number of aliphatic hydroxyl groups excluding tert-OH is 7. The molecule has 1 saturated heterocycles. The maximum absolute atomic E-state index is 10.4. The number of rotatable bonds is 11. The molecule has 0 radical (unpaired) electrons. The maximum atomic E-state index is 10.4. The third-order valence-corrected chi connectivity index (χ3v) is 6.31. The SMILES string of the molecule is CN/C(=C(/O)CC/C=C(/N)[C@H](O)O[C@@H]1C(N)C[C@@H](N)C(O)C1O)C(O)O[C@H]1OC(CO)[C@@H](N)CC1O. The van der Waals surface area contributed by atoms with Crippen molar-refractivity contribution in [3.63, 3.8) is 0 Å². The lowest BCUT2D eigenvalue weighted by molar-refractivity contribution is -0.289. The number of nitrogens with one attached hydrogen (secondary N) is 1. The Balaban J connectivity index is 1.93. The first kappa shape index (κ1) is 30.6. The van der Waals surface area contributed by atoms with Crippen molar-refractivity contribution in [3.8, 4) is 0 Å². The van der Waals surface area contributed by atoms with Crippen LogP contribution in [0.5, 0.6) is 0 Å². The van der Waals surface area contributed by atoms with Gasteiger partial charge in [0.25, 0.3) is 0 Å². The minimum absolute atomic E-state index is 0.0403. The molecule has 36 heavy (non-hydrogen) atoms. The van der Waals surface area contributed by atoms with Gasteiger partial charge in [0.2, 0.25) is 6.29 Å². The first-order valence-electron chi connectivity index (χ1n) is 11.7. The van der Waals surface area contributed by atoms with Gasteiger partial charge in [-0.2, -0.15) is 0 Å². The maximum Gasteiger partial charge on any atom is 0.202 e. The van der Waals surface area contributed by atoms with E-state index in [1.807, 2.05) is 0 Å². The standard InChI is InChI=1S/C21H41N5O10/c1-26-15(20(33)36-21-13(29)6-9(23)14(7-27)34-21)12(28)4-2-3-8(22)19(32)35-18-11(25)5-10(24)16(30)17(18)31/h3,9-11,13-14,16-21,26-33H,2,4-7,22-25H2,1H3/b8-3+,15-12+/t9-,10+,11?,13?,14?,16?,17?,18+,19+,20?,21+/m0/s1. The zero-order chi connectivity index (χ0) is 27.2. The van der Waals surface area contributed by atoms with Gasteiger partial charge in [-0.05, 0) is 19.3 Å². The third kappa shape index (κ3) is 7.70. The quantitative estimate of drug-likeness (QED) is 0.0893. The zero-order valence-corrected chi connectivity index (χ0v) is 20.1. The van der Waals surface area contributed by atoms with Gasteiger partial charge in [0.05, 0.1) is 24.5 Å². The van der Waals surface area contributed by atoms with Crippen LogP contribution in [-0.4, -0.2) is 117 Å². The summed E-state index contributed by atoms with van der Waals surface area (Å²) in [6, 6.07) is -2.06. The van der Waals surface area contributed by atoms with E-state index in [2.05, 4.69) is 5.32 Å². The second-order valence-electron chi connectivity index (χ2n) is 9.03. The normalized spacial score (nSPS) is 38.3. The van der Waals surface area contributed by atoms with Crippen molar-refractivity contribution in [2.45, 2.75) is 93.2 Å². The van der Waals surface area contributed by atoms with Crippen LogP contribution in [0.1, 0.15) is 25.7 Å². The Morgan fingerprint density at radius 1 is 1.03 bits per heavy atom. The Kier molecular flexibility index (Phi) is 11.7. The van der Waals surface area contributed by atoms with Gasteiger partial charge in [0.15, 0.2) is 12.6 Å². The monoisotopic (exact) mass is 523 g/mol. The van der Waals surface area contributed by atoms with Crippen LogP contribution in [0.3, 0.4) is 0 Å². The minimum atomic E-state index is -1.70. The molecule has 2 rings (SSSR count). The van der Waals surface area contributed by atoms with E-state index in [1.165, 1.54) is 13.1 Å². The van der Waals surface area contributed by atoms with Crippen LogP contribution in [-0.2, 0) is 14.2 Å². The molecule has 16 N–H and O–H groups in total. The fourth-order valence-electron chi connectivity index (χ4n) is 4.12. The van der Waals surface area contributed by atoms with Gasteiger partial charge in [-0.25, -0.2) is 0 Å². The molecule has 6 unspecified atom stereocenters. The van der Waals surface area contributed by atoms with Crippen LogP contribution in [0.2, 0.25) is 0 Å². The summed E-state index contributed by atoms with van der Waals surface area (Å²) in [6.07, 6.45) is -8.67. The van der Waals surface area contributed by atoms with E-state index < -0.39 is 74.1 Å². The summed E-state index contributed by atoms with van der Waals surface area (Å²) in [6.45, 7) is -0.396. The molecule has 210 valence electrons. The van der Waals surface area contributed by atoms with Gasteiger partial charge < -0.3 is 78.2 Å². The molecular weight excluding hydrogens is 482 g/mol. The number of allylic oxidation sites excluding steroid dienone is 2. The lowest BCUT2D eigenvalue weighted by atomic mass is 9.85. The van der Waals surface area contributed by atoms with Crippen molar-refractivity contribution in [1.29, 1.82) is 0 Å². The summed E-state index contributed by atoms with van der Waals surface area (Å²) in [5, 5.41) is 73.1. The van der Waals surface area contributed by atoms with Gasteiger partial charge in [-0.1, -0.05) is 6.08 Å². The van der Waals surface area contributed by atoms with Crippen LogP contribution >= 0.6 is 0 Å². The second kappa shape index (κ2) is 13.8. The summed E-state index contributed by atoms with van der Waals surface area (Å²) in [5.74, 6) is -0.299. The van der Waals surface area contributed by atoms with Gasteiger partial charge in [-0.15, -0.1) is 0 Å². The number of ether oxygens (including phenoxy) is 3. The Bertz CT molecular complexity index is 759. The molecule has 0 aromatic rings. The molecule has 11 atom stereocenters. The Morgan fingerprint density at radius 3 is 2.31 bits per heavy atom. The molecule has 0 aromatic heterocycles. The fourth-order valence-corrected chi connectivity index (χ4v) is 4.12. The van der Waals surface area contributed by atoms with Crippen molar-refractivity contribution in [3.05, 3.63) is 23.2 Å². The molecule has 2 aliphatic rings. The number of hydrogen-bond acceptors (Lipinski definition) is 15. The van der Waals surface area contributed by atoms with Crippen LogP contribution in [0.15, 0.2) is 23.2 Å². The van der Waals surface area contributed by atoms with Crippen LogP contribution in [0, 0.1) is 0 Å². The molecule has 0 spiro atoms. The topological polar surface area (TPSA) is 285 Å². The van der Waals surface area contributed by atoms with Crippen molar-refractivity contribution in [1.82, 2.24) is 5.32 Å². The highest BCUT2D eigenvalue weighted by Gasteiger charge is 2.42. The van der Waals surface area contributed by atoms with E-state index in [1.54, 1.807) is 0 Å². The second-order valence-corrected chi connectivity index (χ2v) is 9.03. The van der Waals surface area contributed by atoms with E-state index in [0.717, 1.165) is 0 Å². The van der Waals surface area contributed by atoms with Crippen molar-refractivity contribution in [2.24, 2.45) is 22.9 Å². The predicted molar refractivity (Wildman–Crippen MR) is 125 cm³/mol. The van der Waals surface area contributed by atoms with E-state index in [9.17, 15) is 35.7 Å². The Morgan fingerprint density at radius 2 is 1.69 bits per heavy atom. The third-order valence-electron chi connectivity index (χ3n) is 6.31. The predicted octanol–water partition coefficient (Wildman–Crippen LogP) is -4.79. The number of hydrogen-bond donors (Lipinski definition) is 12. The summed E-state index contributed by atoms with van der Waals surface area (Å²) in [4.78, 5) is 0. The zero-order valence-electron chi connectivity index (χ0n) is 20.1. The molecule has 1 aliphatic heterocycles. The average molecular weight is 524 g/mol. The van der Waals surface area contributed by atoms with E-state index >= 15 is 0 Å². The summed E-state index contributed by atoms with van der Waals surface area (Å²) in [7, 11) is 1.43. The highest BCUT2D eigenvalue weighted by molar-refractivity contribution is 5.10. The van der Waals surface area contributed by atoms with Crippen LogP contribution in [0.4, 0.5) is 0 Å². The smallest absolute Gasteiger partial charge is 0.202 e. The molecular formula is C21H41N5O10. The average Bonchev–Trinajstić information content (AvgIpc) is 2.82. The Labute approximate surface area is 208 Å². The first-order valence-corrected chi connectivity index (χ1v) is 11.7. The van der Waals surface area contributed by atoms with Crippen molar-refractivity contribution in [2.75, 3.05) is 13.7 Å². The number of likely N-dealkylation sites (N-methyl/N-ethyl adjacent to an activating group) is 1. The lowest BCUT2D eigenvalue weighted by Gasteiger charge is -2.40. The summed E-state index contributed by atoms with van der Waals surface area (Å²) in [5.41, 5.74) is 23.0. The molecule has 1 saturated carbocycles. The molecule has 2 fully saturated rings. The fraction of sp³-hybridized carbons (Fsp3) is 0.810.